The molecule has 1 atom stereocenters. The fourth-order valence-electron chi connectivity index (χ4n) is 1.99. The van der Waals surface area contributed by atoms with Crippen molar-refractivity contribution in [1.29, 1.82) is 0 Å². The largest absolute Gasteiger partial charge is 0.494 e. The monoisotopic (exact) mass is 205 g/mol. The summed E-state index contributed by atoms with van der Waals surface area (Å²) in [5.74, 6) is 0.985. The second-order valence-corrected chi connectivity index (χ2v) is 4.07. The van der Waals surface area contributed by atoms with E-state index in [4.69, 9.17) is 4.74 Å². The molecule has 0 aromatic heterocycles. The summed E-state index contributed by atoms with van der Waals surface area (Å²) in [6, 6.07) is 9.06. The number of nitrogens with one attached hydrogen (secondary N) is 1. The van der Waals surface area contributed by atoms with Crippen LogP contribution >= 0.6 is 0 Å². The molecule has 0 spiro atoms. The molecule has 15 heavy (non-hydrogen) atoms. The first kappa shape index (κ1) is 10.5. The second-order valence-electron chi connectivity index (χ2n) is 4.07. The number of benzene rings is 1. The lowest BCUT2D eigenvalue weighted by molar-refractivity contribution is 0.317. The van der Waals surface area contributed by atoms with Crippen LogP contribution in [0.3, 0.4) is 0 Å². The zero-order chi connectivity index (χ0) is 10.5. The second kappa shape index (κ2) is 5.17. The SMILES string of the molecule is CCCOc1ccc(C2CCCN2)cc1. The Morgan fingerprint density at radius 2 is 2.13 bits per heavy atom. The van der Waals surface area contributed by atoms with Crippen LogP contribution in [-0.2, 0) is 0 Å². The summed E-state index contributed by atoms with van der Waals surface area (Å²) in [5, 5.41) is 3.49. The first-order valence-electron chi connectivity index (χ1n) is 5.86. The zero-order valence-electron chi connectivity index (χ0n) is 9.33. The van der Waals surface area contributed by atoms with Gasteiger partial charge in [-0.2, -0.15) is 0 Å². The highest BCUT2D eigenvalue weighted by atomic mass is 16.5. The van der Waals surface area contributed by atoms with Crippen molar-refractivity contribution in [1.82, 2.24) is 5.32 Å². The summed E-state index contributed by atoms with van der Waals surface area (Å²) in [6.07, 6.45) is 3.61. The van der Waals surface area contributed by atoms with Gasteiger partial charge >= 0.3 is 0 Å². The Morgan fingerprint density at radius 1 is 1.33 bits per heavy atom. The van der Waals surface area contributed by atoms with E-state index in [2.05, 4.69) is 36.5 Å². The summed E-state index contributed by atoms with van der Waals surface area (Å²) in [4.78, 5) is 0. The van der Waals surface area contributed by atoms with Gasteiger partial charge in [-0.3, -0.25) is 0 Å². The maximum absolute atomic E-state index is 5.55. The summed E-state index contributed by atoms with van der Waals surface area (Å²) in [5.41, 5.74) is 1.39. The predicted octanol–water partition coefficient (Wildman–Crippen LogP) is 2.90. The summed E-state index contributed by atoms with van der Waals surface area (Å²) in [7, 11) is 0. The van der Waals surface area contributed by atoms with Crippen molar-refractivity contribution < 1.29 is 4.74 Å². The molecule has 1 heterocycles. The normalized spacial score (nSPS) is 20.5. The Bertz CT molecular complexity index is 288. The van der Waals surface area contributed by atoms with Crippen LogP contribution in [0.15, 0.2) is 24.3 Å². The van der Waals surface area contributed by atoms with Gasteiger partial charge in [-0.1, -0.05) is 19.1 Å². The lowest BCUT2D eigenvalue weighted by atomic mass is 10.1. The van der Waals surface area contributed by atoms with Gasteiger partial charge < -0.3 is 10.1 Å². The molecule has 1 unspecified atom stereocenters. The van der Waals surface area contributed by atoms with E-state index < -0.39 is 0 Å². The van der Waals surface area contributed by atoms with E-state index in [9.17, 15) is 0 Å². The van der Waals surface area contributed by atoms with Gasteiger partial charge in [-0.05, 0) is 43.5 Å². The van der Waals surface area contributed by atoms with Crippen LogP contribution in [-0.4, -0.2) is 13.2 Å². The molecule has 0 saturated carbocycles. The molecule has 1 aromatic rings. The molecule has 1 saturated heterocycles. The average molecular weight is 205 g/mol. The maximum Gasteiger partial charge on any atom is 0.119 e. The van der Waals surface area contributed by atoms with Gasteiger partial charge in [0.1, 0.15) is 5.75 Å². The van der Waals surface area contributed by atoms with E-state index in [-0.39, 0.29) is 0 Å². The first-order chi connectivity index (χ1) is 7.40. The molecule has 0 aliphatic carbocycles. The third kappa shape index (κ3) is 2.72. The smallest absolute Gasteiger partial charge is 0.119 e. The lowest BCUT2D eigenvalue weighted by Gasteiger charge is -2.11. The van der Waals surface area contributed by atoms with Crippen LogP contribution in [0.1, 0.15) is 37.8 Å². The quantitative estimate of drug-likeness (QED) is 0.816. The van der Waals surface area contributed by atoms with E-state index in [1.54, 1.807) is 0 Å². The molecule has 1 aliphatic heterocycles. The van der Waals surface area contributed by atoms with E-state index >= 15 is 0 Å². The van der Waals surface area contributed by atoms with Gasteiger partial charge in [0.2, 0.25) is 0 Å². The Hall–Kier alpha value is -1.02. The van der Waals surface area contributed by atoms with Crippen LogP contribution in [0.4, 0.5) is 0 Å². The molecule has 1 N–H and O–H groups in total. The van der Waals surface area contributed by atoms with Gasteiger partial charge in [-0.15, -0.1) is 0 Å². The fourth-order valence-corrected chi connectivity index (χ4v) is 1.99. The van der Waals surface area contributed by atoms with Gasteiger partial charge in [0, 0.05) is 6.04 Å². The molecule has 0 amide bonds. The molecule has 0 bridgehead atoms. The minimum Gasteiger partial charge on any atom is -0.494 e. The molecule has 82 valence electrons. The lowest BCUT2D eigenvalue weighted by Crippen LogP contribution is -2.12. The predicted molar refractivity (Wildman–Crippen MR) is 62.2 cm³/mol. The number of hydrogen-bond acceptors (Lipinski definition) is 2. The maximum atomic E-state index is 5.55. The Balaban J connectivity index is 1.96. The molecule has 1 aromatic carbocycles. The van der Waals surface area contributed by atoms with Crippen LogP contribution in [0.25, 0.3) is 0 Å². The Kier molecular flexibility index (Phi) is 3.62. The summed E-state index contributed by atoms with van der Waals surface area (Å²) in [6.45, 7) is 4.08. The average Bonchev–Trinajstić information content (AvgIpc) is 2.80. The fraction of sp³-hybridized carbons (Fsp3) is 0.538. The molecule has 1 fully saturated rings. The van der Waals surface area contributed by atoms with Crippen molar-refractivity contribution in [2.45, 2.75) is 32.2 Å². The van der Waals surface area contributed by atoms with Gasteiger partial charge in [-0.25, -0.2) is 0 Å². The molecule has 2 rings (SSSR count). The molecule has 1 aliphatic rings. The Labute approximate surface area is 91.6 Å². The topological polar surface area (TPSA) is 21.3 Å². The van der Waals surface area contributed by atoms with E-state index in [0.717, 1.165) is 25.3 Å². The van der Waals surface area contributed by atoms with E-state index in [1.165, 1.54) is 18.4 Å². The molecular formula is C13H19NO. The van der Waals surface area contributed by atoms with Crippen molar-refractivity contribution in [2.75, 3.05) is 13.2 Å². The van der Waals surface area contributed by atoms with Crippen LogP contribution in [0.2, 0.25) is 0 Å². The van der Waals surface area contributed by atoms with Crippen LogP contribution in [0.5, 0.6) is 5.75 Å². The standard InChI is InChI=1S/C13H19NO/c1-2-10-15-12-7-5-11(6-8-12)13-4-3-9-14-13/h5-8,13-14H,2-4,9-10H2,1H3. The van der Waals surface area contributed by atoms with Crippen molar-refractivity contribution in [2.24, 2.45) is 0 Å². The Morgan fingerprint density at radius 3 is 2.73 bits per heavy atom. The third-order valence-corrected chi connectivity index (χ3v) is 2.82. The number of rotatable bonds is 4. The van der Waals surface area contributed by atoms with Crippen LogP contribution in [0, 0.1) is 0 Å². The molecular weight excluding hydrogens is 186 g/mol. The highest BCUT2D eigenvalue weighted by Crippen LogP contribution is 2.24. The van der Waals surface area contributed by atoms with Crippen LogP contribution < -0.4 is 10.1 Å². The number of hydrogen-bond donors (Lipinski definition) is 1. The van der Waals surface area contributed by atoms with Gasteiger partial charge in [0.05, 0.1) is 6.61 Å². The number of ether oxygens (including phenoxy) is 1. The van der Waals surface area contributed by atoms with Crippen molar-refractivity contribution >= 4 is 0 Å². The minimum atomic E-state index is 0.560. The van der Waals surface area contributed by atoms with Gasteiger partial charge in [0.15, 0.2) is 0 Å². The molecule has 2 nitrogen and oxygen atoms in total. The minimum absolute atomic E-state index is 0.560. The van der Waals surface area contributed by atoms with Crippen molar-refractivity contribution in [3.63, 3.8) is 0 Å². The highest BCUT2D eigenvalue weighted by Gasteiger charge is 2.15. The molecule has 2 heteroatoms. The van der Waals surface area contributed by atoms with Gasteiger partial charge in [0.25, 0.3) is 0 Å². The van der Waals surface area contributed by atoms with E-state index in [1.807, 2.05) is 0 Å². The van der Waals surface area contributed by atoms with E-state index in [0.29, 0.717) is 6.04 Å². The first-order valence-corrected chi connectivity index (χ1v) is 5.86. The summed E-state index contributed by atoms with van der Waals surface area (Å²) < 4.78 is 5.55. The van der Waals surface area contributed by atoms with Crippen molar-refractivity contribution in [3.8, 4) is 5.75 Å². The third-order valence-electron chi connectivity index (χ3n) is 2.82. The van der Waals surface area contributed by atoms with Crippen molar-refractivity contribution in [3.05, 3.63) is 29.8 Å². The zero-order valence-corrected chi connectivity index (χ0v) is 9.33. The molecule has 0 radical (unpaired) electrons. The summed E-state index contributed by atoms with van der Waals surface area (Å²) >= 11 is 0. The highest BCUT2D eigenvalue weighted by molar-refractivity contribution is 5.29.